The van der Waals surface area contributed by atoms with E-state index < -0.39 is 0 Å². The lowest BCUT2D eigenvalue weighted by Crippen LogP contribution is -2.46. The zero-order chi connectivity index (χ0) is 17.4. The molecule has 2 amide bonds. The van der Waals surface area contributed by atoms with Gasteiger partial charge in [-0.15, -0.1) is 0 Å². The molecule has 1 aliphatic rings. The molecular formula is C19H28N2O3. The number of amides is 2. The van der Waals surface area contributed by atoms with Gasteiger partial charge in [-0.1, -0.05) is 37.3 Å². The van der Waals surface area contributed by atoms with Crippen molar-refractivity contribution in [3.8, 4) is 0 Å². The molecule has 0 saturated carbocycles. The van der Waals surface area contributed by atoms with Gasteiger partial charge in [0.15, 0.2) is 0 Å². The summed E-state index contributed by atoms with van der Waals surface area (Å²) in [6.07, 6.45) is 3.88. The zero-order valence-electron chi connectivity index (χ0n) is 14.7. The van der Waals surface area contributed by atoms with Crippen LogP contribution in [0, 0.1) is 5.92 Å². The number of likely N-dealkylation sites (tertiary alicyclic amines) is 1. The molecule has 0 unspecified atom stereocenters. The molecule has 1 heterocycles. The van der Waals surface area contributed by atoms with Gasteiger partial charge in [0.1, 0.15) is 0 Å². The third-order valence-corrected chi connectivity index (χ3v) is 4.60. The molecule has 5 heteroatoms. The summed E-state index contributed by atoms with van der Waals surface area (Å²) in [6, 6.07) is 10.5. The second-order valence-corrected chi connectivity index (χ2v) is 6.63. The summed E-state index contributed by atoms with van der Waals surface area (Å²) in [6.45, 7) is 3.41. The summed E-state index contributed by atoms with van der Waals surface area (Å²) in [4.78, 5) is 25.3. The van der Waals surface area contributed by atoms with Crippen LogP contribution in [0.5, 0.6) is 0 Å². The van der Waals surface area contributed by atoms with Gasteiger partial charge < -0.3 is 15.0 Å². The average Bonchev–Trinajstić information content (AvgIpc) is 2.60. The van der Waals surface area contributed by atoms with Crippen LogP contribution in [0.3, 0.4) is 0 Å². The van der Waals surface area contributed by atoms with Crippen LogP contribution in [0.25, 0.3) is 0 Å². The summed E-state index contributed by atoms with van der Waals surface area (Å²) in [5.74, 6) is 0.479. The third kappa shape index (κ3) is 5.87. The van der Waals surface area contributed by atoms with Crippen molar-refractivity contribution < 1.29 is 14.3 Å². The van der Waals surface area contributed by atoms with Crippen LogP contribution in [0.4, 0.5) is 4.79 Å². The van der Waals surface area contributed by atoms with Crippen molar-refractivity contribution in [1.29, 1.82) is 0 Å². The number of nitrogens with one attached hydrogen (secondary N) is 1. The minimum Gasteiger partial charge on any atom is -0.453 e. The van der Waals surface area contributed by atoms with Gasteiger partial charge >= 0.3 is 6.09 Å². The molecule has 1 saturated heterocycles. The number of hydrogen-bond acceptors (Lipinski definition) is 3. The van der Waals surface area contributed by atoms with Crippen molar-refractivity contribution in [2.45, 2.75) is 45.1 Å². The lowest BCUT2D eigenvalue weighted by atomic mass is 9.97. The monoisotopic (exact) mass is 332 g/mol. The number of hydrogen-bond donors (Lipinski definition) is 1. The minimum absolute atomic E-state index is 0.118. The lowest BCUT2D eigenvalue weighted by Gasteiger charge is -2.31. The molecule has 1 aromatic rings. The number of piperidine rings is 1. The van der Waals surface area contributed by atoms with Crippen molar-refractivity contribution in [2.24, 2.45) is 5.92 Å². The summed E-state index contributed by atoms with van der Waals surface area (Å²) in [5, 5.41) is 3.11. The van der Waals surface area contributed by atoms with E-state index in [2.05, 4.69) is 24.4 Å². The summed E-state index contributed by atoms with van der Waals surface area (Å²) in [7, 11) is 1.40. The van der Waals surface area contributed by atoms with Crippen molar-refractivity contribution >= 4 is 12.0 Å². The van der Waals surface area contributed by atoms with Crippen LogP contribution in [0.1, 0.15) is 38.2 Å². The van der Waals surface area contributed by atoms with Crippen molar-refractivity contribution in [2.75, 3.05) is 20.2 Å². The SMILES string of the molecule is COC(=O)N1CCC(NC(=O)C[C@H](C)CCc2ccccc2)CC1. The molecule has 1 fully saturated rings. The molecule has 0 spiro atoms. The van der Waals surface area contributed by atoms with E-state index in [1.807, 2.05) is 18.2 Å². The van der Waals surface area contributed by atoms with E-state index in [1.54, 1.807) is 4.90 Å². The number of ether oxygens (including phenoxy) is 1. The Labute approximate surface area is 144 Å². The Balaban J connectivity index is 1.65. The topological polar surface area (TPSA) is 58.6 Å². The van der Waals surface area contributed by atoms with Crippen LogP contribution >= 0.6 is 0 Å². The van der Waals surface area contributed by atoms with Gasteiger partial charge in [0.2, 0.25) is 5.91 Å². The zero-order valence-corrected chi connectivity index (χ0v) is 14.7. The molecule has 1 aliphatic heterocycles. The molecule has 5 nitrogen and oxygen atoms in total. The predicted octanol–water partition coefficient (Wildman–Crippen LogP) is 2.99. The van der Waals surface area contributed by atoms with E-state index in [9.17, 15) is 9.59 Å². The Bertz CT molecular complexity index is 525. The molecule has 24 heavy (non-hydrogen) atoms. The molecule has 2 rings (SSSR count). The molecule has 1 aromatic carbocycles. The van der Waals surface area contributed by atoms with Gasteiger partial charge in [0, 0.05) is 25.6 Å². The summed E-state index contributed by atoms with van der Waals surface area (Å²) < 4.78 is 4.72. The maximum Gasteiger partial charge on any atom is 0.409 e. The van der Waals surface area contributed by atoms with Crippen molar-refractivity contribution in [3.05, 3.63) is 35.9 Å². The molecule has 0 bridgehead atoms. The van der Waals surface area contributed by atoms with Gasteiger partial charge in [-0.05, 0) is 37.2 Å². The van der Waals surface area contributed by atoms with E-state index in [0.717, 1.165) is 25.7 Å². The van der Waals surface area contributed by atoms with E-state index in [0.29, 0.717) is 25.4 Å². The fourth-order valence-electron chi connectivity index (χ4n) is 3.10. The molecule has 0 radical (unpaired) electrons. The number of aryl methyl sites for hydroxylation is 1. The number of benzene rings is 1. The van der Waals surface area contributed by atoms with E-state index >= 15 is 0 Å². The number of rotatable bonds is 6. The van der Waals surface area contributed by atoms with Crippen LogP contribution in [0.2, 0.25) is 0 Å². The first kappa shape index (κ1) is 18.3. The fourth-order valence-corrected chi connectivity index (χ4v) is 3.10. The normalized spacial score (nSPS) is 16.5. The summed E-state index contributed by atoms with van der Waals surface area (Å²) >= 11 is 0. The van der Waals surface area contributed by atoms with Crippen LogP contribution < -0.4 is 5.32 Å². The molecule has 0 aromatic heterocycles. The second kappa shape index (κ2) is 9.30. The Morgan fingerprint density at radius 3 is 2.54 bits per heavy atom. The highest BCUT2D eigenvalue weighted by molar-refractivity contribution is 5.76. The maximum atomic E-state index is 12.2. The van der Waals surface area contributed by atoms with Gasteiger partial charge in [0.05, 0.1) is 7.11 Å². The van der Waals surface area contributed by atoms with Gasteiger partial charge in [-0.2, -0.15) is 0 Å². The van der Waals surface area contributed by atoms with E-state index in [1.165, 1.54) is 12.7 Å². The smallest absolute Gasteiger partial charge is 0.409 e. The second-order valence-electron chi connectivity index (χ2n) is 6.63. The Morgan fingerprint density at radius 2 is 1.92 bits per heavy atom. The van der Waals surface area contributed by atoms with Crippen LogP contribution in [-0.4, -0.2) is 43.1 Å². The number of carbonyl (C=O) groups is 2. The Kier molecular flexibility index (Phi) is 7.09. The Hall–Kier alpha value is -2.04. The average molecular weight is 332 g/mol. The molecular weight excluding hydrogens is 304 g/mol. The minimum atomic E-state index is -0.283. The van der Waals surface area contributed by atoms with Crippen molar-refractivity contribution in [1.82, 2.24) is 10.2 Å². The van der Waals surface area contributed by atoms with E-state index in [4.69, 9.17) is 4.74 Å². The van der Waals surface area contributed by atoms with Gasteiger partial charge in [0.25, 0.3) is 0 Å². The first-order valence-corrected chi connectivity index (χ1v) is 8.74. The third-order valence-electron chi connectivity index (χ3n) is 4.60. The molecule has 1 N–H and O–H groups in total. The van der Waals surface area contributed by atoms with Gasteiger partial charge in [-0.25, -0.2) is 4.79 Å². The van der Waals surface area contributed by atoms with E-state index in [-0.39, 0.29) is 18.0 Å². The highest BCUT2D eigenvalue weighted by Crippen LogP contribution is 2.15. The summed E-state index contributed by atoms with van der Waals surface area (Å²) in [5.41, 5.74) is 1.32. The van der Waals surface area contributed by atoms with Crippen LogP contribution in [-0.2, 0) is 16.0 Å². The van der Waals surface area contributed by atoms with Crippen molar-refractivity contribution in [3.63, 3.8) is 0 Å². The predicted molar refractivity (Wildman–Crippen MR) is 93.7 cm³/mol. The highest BCUT2D eigenvalue weighted by atomic mass is 16.5. The molecule has 132 valence electrons. The molecule has 0 aliphatic carbocycles. The number of nitrogens with zero attached hydrogens (tertiary/aromatic N) is 1. The van der Waals surface area contributed by atoms with Crippen LogP contribution in [0.15, 0.2) is 30.3 Å². The first-order chi connectivity index (χ1) is 11.6. The molecule has 1 atom stereocenters. The number of methoxy groups -OCH3 is 1. The largest absolute Gasteiger partial charge is 0.453 e. The quantitative estimate of drug-likeness (QED) is 0.871. The first-order valence-electron chi connectivity index (χ1n) is 8.74. The standard InChI is InChI=1S/C19H28N2O3/c1-15(8-9-16-6-4-3-5-7-16)14-18(22)20-17-10-12-21(13-11-17)19(23)24-2/h3-7,15,17H,8-14H2,1-2H3,(H,20,22)/t15-/m1/s1. The van der Waals surface area contributed by atoms with Gasteiger partial charge in [-0.3, -0.25) is 4.79 Å². The maximum absolute atomic E-state index is 12.2. The fraction of sp³-hybridized carbons (Fsp3) is 0.579. The Morgan fingerprint density at radius 1 is 1.25 bits per heavy atom. The number of carbonyl (C=O) groups excluding carboxylic acids is 2. The highest BCUT2D eigenvalue weighted by Gasteiger charge is 2.24. The lowest BCUT2D eigenvalue weighted by molar-refractivity contribution is -0.122.